The van der Waals surface area contributed by atoms with Crippen molar-refractivity contribution in [3.8, 4) is 17.6 Å². The summed E-state index contributed by atoms with van der Waals surface area (Å²) in [5.74, 6) is 5.90. The molecule has 5 N–H and O–H groups in total. The molecule has 7 nitrogen and oxygen atoms in total. The van der Waals surface area contributed by atoms with Gasteiger partial charge in [0, 0.05) is 16.5 Å². The number of nitrogens with two attached hydrogens (primary N) is 1. The lowest BCUT2D eigenvalue weighted by molar-refractivity contribution is -0.121. The van der Waals surface area contributed by atoms with E-state index in [1.165, 1.54) is 6.92 Å². The predicted molar refractivity (Wildman–Crippen MR) is 113 cm³/mol. The van der Waals surface area contributed by atoms with Gasteiger partial charge in [0.05, 0.1) is 6.54 Å². The Morgan fingerprint density at radius 2 is 1.76 bits per heavy atom. The Morgan fingerprint density at radius 1 is 1.17 bits per heavy atom. The van der Waals surface area contributed by atoms with Crippen LogP contribution >= 0.6 is 0 Å². The highest BCUT2D eigenvalue weighted by atomic mass is 16.5. The Hall–Kier alpha value is -2.40. The molecule has 2 atom stereocenters. The molecule has 160 valence electrons. The molecule has 0 fully saturated rings. The number of aliphatic hydroxyl groups excluding tert-OH is 1. The van der Waals surface area contributed by atoms with E-state index >= 15 is 0 Å². The second-order valence-electron chi connectivity index (χ2n) is 8.62. The molecular weight excluding hydrogens is 370 g/mol. The summed E-state index contributed by atoms with van der Waals surface area (Å²) in [5.41, 5.74) is 5.40. The maximum atomic E-state index is 12.6. The summed E-state index contributed by atoms with van der Waals surface area (Å²) < 4.78 is 5.55. The van der Waals surface area contributed by atoms with E-state index < -0.39 is 23.7 Å². The van der Waals surface area contributed by atoms with Crippen molar-refractivity contribution in [2.45, 2.75) is 59.4 Å². The third-order valence-electron chi connectivity index (χ3n) is 3.80. The summed E-state index contributed by atoms with van der Waals surface area (Å²) in [6.45, 7) is 11.1. The van der Waals surface area contributed by atoms with Gasteiger partial charge < -0.3 is 20.9 Å². The Kier molecular flexibility index (Phi) is 8.83. The molecule has 0 heterocycles. The van der Waals surface area contributed by atoms with Crippen molar-refractivity contribution < 1.29 is 19.4 Å². The average molecular weight is 404 g/mol. The fourth-order valence-electron chi connectivity index (χ4n) is 2.37. The number of hydrogen-bond donors (Lipinski definition) is 4. The third-order valence-corrected chi connectivity index (χ3v) is 3.80. The van der Waals surface area contributed by atoms with Crippen molar-refractivity contribution in [2.24, 2.45) is 11.1 Å². The largest absolute Gasteiger partial charge is 0.481 e. The van der Waals surface area contributed by atoms with Crippen LogP contribution in [0.1, 0.15) is 51.9 Å². The number of nitrogens with one attached hydrogen (secondary N) is 2. The van der Waals surface area contributed by atoms with Crippen LogP contribution in [-0.4, -0.2) is 47.8 Å². The number of carbonyl (C=O) groups excluding carboxylic acids is 2. The molecule has 0 radical (unpaired) electrons. The molecule has 0 aliphatic heterocycles. The smallest absolute Gasteiger partial charge is 0.251 e. The van der Waals surface area contributed by atoms with Crippen molar-refractivity contribution in [1.82, 2.24) is 10.6 Å². The maximum Gasteiger partial charge on any atom is 0.251 e. The number of ketones is 1. The summed E-state index contributed by atoms with van der Waals surface area (Å²) >= 11 is 0. The van der Waals surface area contributed by atoms with Crippen LogP contribution in [0.5, 0.6) is 5.75 Å². The maximum absolute atomic E-state index is 12.6. The summed E-state index contributed by atoms with van der Waals surface area (Å²) in [6, 6.07) is 5.66. The molecule has 0 spiro atoms. The molecule has 0 bridgehead atoms. The molecule has 1 aromatic rings. The van der Waals surface area contributed by atoms with Crippen LogP contribution in [0.25, 0.3) is 0 Å². The fraction of sp³-hybridized carbons (Fsp3) is 0.545. The third kappa shape index (κ3) is 9.57. The Morgan fingerprint density at radius 3 is 2.24 bits per heavy atom. The predicted octanol–water partition coefficient (Wildman–Crippen LogP) is 1.45. The summed E-state index contributed by atoms with van der Waals surface area (Å²) in [7, 11) is 0. The topological polar surface area (TPSA) is 114 Å². The van der Waals surface area contributed by atoms with E-state index in [0.717, 1.165) is 0 Å². The van der Waals surface area contributed by atoms with Crippen molar-refractivity contribution in [2.75, 3.05) is 13.2 Å². The van der Waals surface area contributed by atoms with E-state index in [1.54, 1.807) is 38.1 Å². The lowest BCUT2D eigenvalue weighted by atomic mass is 9.91. The number of rotatable bonds is 9. The van der Waals surface area contributed by atoms with Gasteiger partial charge in [-0.2, -0.15) is 0 Å². The van der Waals surface area contributed by atoms with Gasteiger partial charge in [0.1, 0.15) is 24.6 Å². The SMILES string of the molecule is CC(O)NCC(=O)C(NC(=O)c1ccc(OCC#CC(C)(C)C)cc1)C(C)(C)N. The van der Waals surface area contributed by atoms with E-state index in [2.05, 4.69) is 22.5 Å². The van der Waals surface area contributed by atoms with E-state index in [9.17, 15) is 14.7 Å². The first-order valence-corrected chi connectivity index (χ1v) is 9.56. The molecular formula is C22H33N3O4. The number of aliphatic hydroxyl groups is 1. The van der Waals surface area contributed by atoms with Crippen molar-refractivity contribution >= 4 is 11.7 Å². The minimum absolute atomic E-state index is 0.0826. The monoisotopic (exact) mass is 403 g/mol. The number of ether oxygens (including phenoxy) is 1. The Bertz CT molecular complexity index is 747. The molecule has 29 heavy (non-hydrogen) atoms. The Balaban J connectivity index is 2.75. The minimum Gasteiger partial charge on any atom is -0.481 e. The van der Waals surface area contributed by atoms with Crippen LogP contribution in [0.4, 0.5) is 0 Å². The molecule has 1 rings (SSSR count). The van der Waals surface area contributed by atoms with Crippen LogP contribution in [0, 0.1) is 17.3 Å². The van der Waals surface area contributed by atoms with Gasteiger partial charge in [-0.15, -0.1) is 0 Å². The first-order valence-electron chi connectivity index (χ1n) is 9.56. The molecule has 2 unspecified atom stereocenters. The summed E-state index contributed by atoms with van der Waals surface area (Å²) in [5, 5.41) is 14.6. The standard InChI is InChI=1S/C22H33N3O4/c1-15(26)24-14-18(27)19(22(5,6)23)25-20(28)16-8-10-17(11-9-16)29-13-7-12-21(2,3)4/h8-11,15,19,24,26H,13-14,23H2,1-6H3,(H,25,28). The van der Waals surface area contributed by atoms with Gasteiger partial charge in [-0.1, -0.05) is 11.8 Å². The van der Waals surface area contributed by atoms with E-state index in [1.807, 2.05) is 20.8 Å². The number of Topliss-reactive ketones (excluding diaryl/α,β-unsaturated/α-hetero) is 1. The van der Waals surface area contributed by atoms with E-state index in [-0.39, 0.29) is 24.3 Å². The molecule has 0 aliphatic rings. The first kappa shape index (κ1) is 24.6. The lowest BCUT2D eigenvalue weighted by Crippen LogP contribution is -2.60. The molecule has 0 aromatic heterocycles. The van der Waals surface area contributed by atoms with Gasteiger partial charge in [0.25, 0.3) is 5.91 Å². The zero-order valence-electron chi connectivity index (χ0n) is 18.1. The van der Waals surface area contributed by atoms with Crippen molar-refractivity contribution in [1.29, 1.82) is 0 Å². The van der Waals surface area contributed by atoms with Gasteiger partial charge in [-0.3, -0.25) is 14.9 Å². The van der Waals surface area contributed by atoms with Gasteiger partial charge >= 0.3 is 0 Å². The van der Waals surface area contributed by atoms with Crippen LogP contribution in [-0.2, 0) is 4.79 Å². The van der Waals surface area contributed by atoms with Crippen LogP contribution < -0.4 is 21.1 Å². The quantitative estimate of drug-likeness (QED) is 0.367. The van der Waals surface area contributed by atoms with E-state index in [4.69, 9.17) is 10.5 Å². The molecule has 1 aromatic carbocycles. The van der Waals surface area contributed by atoms with Crippen LogP contribution in [0.3, 0.4) is 0 Å². The Labute approximate surface area is 173 Å². The lowest BCUT2D eigenvalue weighted by Gasteiger charge is -2.30. The van der Waals surface area contributed by atoms with E-state index in [0.29, 0.717) is 11.3 Å². The van der Waals surface area contributed by atoms with Crippen LogP contribution in [0.2, 0.25) is 0 Å². The summed E-state index contributed by atoms with van der Waals surface area (Å²) in [4.78, 5) is 25.0. The van der Waals surface area contributed by atoms with Crippen molar-refractivity contribution in [3.63, 3.8) is 0 Å². The molecule has 0 aliphatic carbocycles. The number of benzene rings is 1. The second-order valence-corrected chi connectivity index (χ2v) is 8.62. The zero-order valence-corrected chi connectivity index (χ0v) is 18.1. The highest BCUT2D eigenvalue weighted by Crippen LogP contribution is 2.14. The van der Waals surface area contributed by atoms with Crippen molar-refractivity contribution in [3.05, 3.63) is 29.8 Å². The number of carbonyl (C=O) groups is 2. The molecule has 0 saturated carbocycles. The first-order chi connectivity index (χ1) is 13.3. The summed E-state index contributed by atoms with van der Waals surface area (Å²) in [6.07, 6.45) is -0.836. The van der Waals surface area contributed by atoms with Gasteiger partial charge in [-0.25, -0.2) is 0 Å². The van der Waals surface area contributed by atoms with Crippen LogP contribution in [0.15, 0.2) is 24.3 Å². The van der Waals surface area contributed by atoms with Gasteiger partial charge in [-0.05, 0) is 65.8 Å². The highest BCUT2D eigenvalue weighted by Gasteiger charge is 2.33. The number of hydrogen-bond acceptors (Lipinski definition) is 6. The normalized spacial score (nSPS) is 13.7. The minimum atomic E-state index is -0.970. The van der Waals surface area contributed by atoms with Gasteiger partial charge in [0.15, 0.2) is 5.78 Å². The fourth-order valence-corrected chi connectivity index (χ4v) is 2.37. The zero-order chi connectivity index (χ0) is 22.2. The average Bonchev–Trinajstić information content (AvgIpc) is 2.59. The van der Waals surface area contributed by atoms with Gasteiger partial charge in [0.2, 0.25) is 0 Å². The molecule has 7 heteroatoms. The molecule has 1 amide bonds. The molecule has 0 saturated heterocycles. The number of amides is 1. The second kappa shape index (κ2) is 10.4. The highest BCUT2D eigenvalue weighted by molar-refractivity contribution is 5.99.